The first-order chi connectivity index (χ1) is 7.72. The van der Waals surface area contributed by atoms with Gasteiger partial charge >= 0.3 is 0 Å². The Kier molecular flexibility index (Phi) is 3.22. The van der Waals surface area contributed by atoms with Crippen molar-refractivity contribution in [1.82, 2.24) is 15.5 Å². The van der Waals surface area contributed by atoms with Crippen molar-refractivity contribution < 1.29 is 4.39 Å². The van der Waals surface area contributed by atoms with Crippen molar-refractivity contribution in [2.45, 2.75) is 6.54 Å². The molecule has 0 saturated heterocycles. The van der Waals surface area contributed by atoms with Gasteiger partial charge in [-0.05, 0) is 25.2 Å². The molecule has 0 aliphatic carbocycles. The Morgan fingerprint density at radius 2 is 2.25 bits per heavy atom. The summed E-state index contributed by atoms with van der Waals surface area (Å²) in [5.74, 6) is -0.303. The van der Waals surface area contributed by atoms with Crippen molar-refractivity contribution in [3.05, 3.63) is 40.9 Å². The van der Waals surface area contributed by atoms with E-state index in [0.29, 0.717) is 17.1 Å². The van der Waals surface area contributed by atoms with Gasteiger partial charge in [-0.2, -0.15) is 5.10 Å². The number of benzene rings is 1. The number of aromatic amines is 1. The number of nitrogens with zero attached hydrogens (tertiary/aromatic N) is 1. The van der Waals surface area contributed by atoms with Crippen LogP contribution in [0.3, 0.4) is 0 Å². The fourth-order valence-corrected chi connectivity index (χ4v) is 1.73. The summed E-state index contributed by atoms with van der Waals surface area (Å²) in [6.07, 6.45) is 1.60. The van der Waals surface area contributed by atoms with Crippen LogP contribution >= 0.6 is 11.6 Å². The Morgan fingerprint density at radius 3 is 3.00 bits per heavy atom. The highest BCUT2D eigenvalue weighted by atomic mass is 35.5. The number of rotatable bonds is 3. The normalized spacial score (nSPS) is 10.7. The lowest BCUT2D eigenvalue weighted by Crippen LogP contribution is -2.06. The third-order valence-corrected chi connectivity index (χ3v) is 2.53. The van der Waals surface area contributed by atoms with Gasteiger partial charge in [0, 0.05) is 22.7 Å². The molecular weight excluding hydrogens is 229 g/mol. The number of hydrogen-bond donors (Lipinski definition) is 2. The first-order valence-corrected chi connectivity index (χ1v) is 5.22. The lowest BCUT2D eigenvalue weighted by atomic mass is 10.1. The van der Waals surface area contributed by atoms with Crippen LogP contribution in [-0.4, -0.2) is 17.2 Å². The van der Waals surface area contributed by atoms with Gasteiger partial charge in [-0.3, -0.25) is 5.10 Å². The zero-order valence-electron chi connectivity index (χ0n) is 8.72. The maximum Gasteiger partial charge on any atom is 0.131 e. The van der Waals surface area contributed by atoms with Gasteiger partial charge in [-0.25, -0.2) is 4.39 Å². The van der Waals surface area contributed by atoms with Crippen LogP contribution in [-0.2, 0) is 6.54 Å². The summed E-state index contributed by atoms with van der Waals surface area (Å²) in [7, 11) is 1.82. The summed E-state index contributed by atoms with van der Waals surface area (Å²) >= 11 is 5.85. The van der Waals surface area contributed by atoms with E-state index in [0.717, 1.165) is 11.3 Å². The zero-order chi connectivity index (χ0) is 11.5. The van der Waals surface area contributed by atoms with Crippen LogP contribution in [0.2, 0.25) is 5.02 Å². The minimum atomic E-state index is -0.303. The fraction of sp³-hybridized carbons (Fsp3) is 0.182. The van der Waals surface area contributed by atoms with Crippen LogP contribution in [0.5, 0.6) is 0 Å². The second kappa shape index (κ2) is 4.63. The topological polar surface area (TPSA) is 40.7 Å². The highest BCUT2D eigenvalue weighted by Gasteiger charge is 2.11. The van der Waals surface area contributed by atoms with Crippen LogP contribution < -0.4 is 5.32 Å². The second-order valence-electron chi connectivity index (χ2n) is 3.42. The number of halogens is 2. The van der Waals surface area contributed by atoms with Gasteiger partial charge in [0.2, 0.25) is 0 Å². The zero-order valence-corrected chi connectivity index (χ0v) is 9.48. The molecule has 0 amide bonds. The highest BCUT2D eigenvalue weighted by Crippen LogP contribution is 2.27. The molecule has 0 unspecified atom stereocenters. The van der Waals surface area contributed by atoms with Crippen molar-refractivity contribution in [2.75, 3.05) is 7.05 Å². The number of aromatic nitrogens is 2. The summed E-state index contributed by atoms with van der Waals surface area (Å²) in [6.45, 7) is 0.598. The summed E-state index contributed by atoms with van der Waals surface area (Å²) in [5, 5.41) is 10.2. The van der Waals surface area contributed by atoms with E-state index in [1.165, 1.54) is 12.1 Å². The average molecular weight is 240 g/mol. The third-order valence-electron chi connectivity index (χ3n) is 2.29. The standard InChI is InChI=1S/C11H11ClFN3/c1-14-6-11-9(5-15-16-11)8-4-7(12)2-3-10(8)13/h2-5,14H,6H2,1H3,(H,15,16). The molecule has 0 fully saturated rings. The minimum absolute atomic E-state index is 0.303. The Hall–Kier alpha value is -1.39. The van der Waals surface area contributed by atoms with Gasteiger partial charge in [0.1, 0.15) is 5.82 Å². The number of H-pyrrole nitrogens is 1. The molecular formula is C11H11ClFN3. The summed E-state index contributed by atoms with van der Waals surface area (Å²) in [5.41, 5.74) is 2.03. The lowest BCUT2D eigenvalue weighted by Gasteiger charge is -2.04. The summed E-state index contributed by atoms with van der Waals surface area (Å²) in [6, 6.07) is 4.48. The van der Waals surface area contributed by atoms with Crippen molar-refractivity contribution in [2.24, 2.45) is 0 Å². The van der Waals surface area contributed by atoms with E-state index in [1.807, 2.05) is 7.05 Å². The maximum atomic E-state index is 13.6. The van der Waals surface area contributed by atoms with Gasteiger partial charge in [-0.15, -0.1) is 0 Å². The molecule has 1 heterocycles. The number of nitrogens with one attached hydrogen (secondary N) is 2. The average Bonchev–Trinajstić information content (AvgIpc) is 2.70. The number of hydrogen-bond acceptors (Lipinski definition) is 2. The molecule has 0 atom stereocenters. The molecule has 0 aliphatic heterocycles. The van der Waals surface area contributed by atoms with E-state index >= 15 is 0 Å². The van der Waals surface area contributed by atoms with Crippen molar-refractivity contribution in [1.29, 1.82) is 0 Å². The Labute approximate surface area is 97.6 Å². The van der Waals surface area contributed by atoms with Crippen molar-refractivity contribution in [3.63, 3.8) is 0 Å². The van der Waals surface area contributed by atoms with E-state index < -0.39 is 0 Å². The third kappa shape index (κ3) is 2.08. The van der Waals surface area contributed by atoms with Crippen LogP contribution in [0.15, 0.2) is 24.4 Å². The molecule has 0 radical (unpaired) electrons. The van der Waals surface area contributed by atoms with Gasteiger partial charge in [0.15, 0.2) is 0 Å². The van der Waals surface area contributed by atoms with E-state index in [9.17, 15) is 4.39 Å². The molecule has 1 aromatic carbocycles. The van der Waals surface area contributed by atoms with E-state index in [-0.39, 0.29) is 5.82 Å². The molecule has 0 saturated carbocycles. The largest absolute Gasteiger partial charge is 0.314 e. The minimum Gasteiger partial charge on any atom is -0.314 e. The van der Waals surface area contributed by atoms with Crippen LogP contribution in [0.1, 0.15) is 5.69 Å². The van der Waals surface area contributed by atoms with Gasteiger partial charge in [-0.1, -0.05) is 11.6 Å². The van der Waals surface area contributed by atoms with Crippen molar-refractivity contribution >= 4 is 11.6 Å². The van der Waals surface area contributed by atoms with E-state index in [1.54, 1.807) is 12.3 Å². The van der Waals surface area contributed by atoms with E-state index in [4.69, 9.17) is 11.6 Å². The quantitative estimate of drug-likeness (QED) is 0.865. The molecule has 5 heteroatoms. The molecule has 2 aromatic rings. The molecule has 0 aliphatic rings. The smallest absolute Gasteiger partial charge is 0.131 e. The first-order valence-electron chi connectivity index (χ1n) is 4.84. The SMILES string of the molecule is CNCc1[nH]ncc1-c1cc(Cl)ccc1F. The van der Waals surface area contributed by atoms with Crippen LogP contribution in [0.25, 0.3) is 11.1 Å². The maximum absolute atomic E-state index is 13.6. The monoisotopic (exact) mass is 239 g/mol. The molecule has 1 aromatic heterocycles. The summed E-state index contributed by atoms with van der Waals surface area (Å²) in [4.78, 5) is 0. The molecule has 84 valence electrons. The second-order valence-corrected chi connectivity index (χ2v) is 3.85. The van der Waals surface area contributed by atoms with Gasteiger partial charge < -0.3 is 5.32 Å². The Morgan fingerprint density at radius 1 is 1.44 bits per heavy atom. The molecule has 3 nitrogen and oxygen atoms in total. The Balaban J connectivity index is 2.49. The van der Waals surface area contributed by atoms with Crippen LogP contribution in [0, 0.1) is 5.82 Å². The first kappa shape index (κ1) is 11.1. The molecule has 0 bridgehead atoms. The molecule has 16 heavy (non-hydrogen) atoms. The fourth-order valence-electron chi connectivity index (χ4n) is 1.56. The van der Waals surface area contributed by atoms with Gasteiger partial charge in [0.25, 0.3) is 0 Å². The van der Waals surface area contributed by atoms with Gasteiger partial charge in [0.05, 0.1) is 11.9 Å². The predicted octanol–water partition coefficient (Wildman–Crippen LogP) is 2.59. The molecule has 2 rings (SSSR count). The lowest BCUT2D eigenvalue weighted by molar-refractivity contribution is 0.631. The summed E-state index contributed by atoms with van der Waals surface area (Å²) < 4.78 is 13.6. The van der Waals surface area contributed by atoms with Crippen LogP contribution in [0.4, 0.5) is 4.39 Å². The van der Waals surface area contributed by atoms with E-state index in [2.05, 4.69) is 15.5 Å². The highest BCUT2D eigenvalue weighted by molar-refractivity contribution is 6.30. The predicted molar refractivity (Wildman–Crippen MR) is 61.8 cm³/mol. The Bertz CT molecular complexity index is 496. The van der Waals surface area contributed by atoms with Crippen molar-refractivity contribution in [3.8, 4) is 11.1 Å². The molecule has 0 spiro atoms. The molecule has 2 N–H and O–H groups in total.